The fourth-order valence-corrected chi connectivity index (χ4v) is 3.37. The van der Waals surface area contributed by atoms with Crippen LogP contribution in [0.4, 0.5) is 0 Å². The molecule has 0 unspecified atom stereocenters. The number of nitrogens with one attached hydrogen (secondary N) is 1. The second kappa shape index (κ2) is 9.38. The number of carbonyl (C=O) groups is 1. The minimum absolute atomic E-state index is 0.195. The molecule has 20 heavy (non-hydrogen) atoms. The first kappa shape index (κ1) is 17.5. The first-order chi connectivity index (χ1) is 9.64. The summed E-state index contributed by atoms with van der Waals surface area (Å²) >= 11 is 0. The molecule has 0 aliphatic heterocycles. The van der Waals surface area contributed by atoms with E-state index >= 15 is 0 Å². The Balaban J connectivity index is 1.97. The summed E-state index contributed by atoms with van der Waals surface area (Å²) in [7, 11) is 0. The summed E-state index contributed by atoms with van der Waals surface area (Å²) in [6.07, 6.45) is 12.4. The zero-order valence-corrected chi connectivity index (χ0v) is 13.5. The summed E-state index contributed by atoms with van der Waals surface area (Å²) in [5, 5.41) is 3.09. The summed E-state index contributed by atoms with van der Waals surface area (Å²) in [5.74, 6) is 0.855. The van der Waals surface area contributed by atoms with Crippen molar-refractivity contribution in [2.75, 3.05) is 13.1 Å². The highest BCUT2D eigenvalue weighted by molar-refractivity contribution is 5.83. The van der Waals surface area contributed by atoms with Crippen molar-refractivity contribution in [2.24, 2.45) is 17.1 Å². The van der Waals surface area contributed by atoms with Crippen molar-refractivity contribution in [1.82, 2.24) is 5.32 Å². The van der Waals surface area contributed by atoms with Crippen LogP contribution in [0.2, 0.25) is 0 Å². The second-order valence-electron chi connectivity index (χ2n) is 6.73. The monoisotopic (exact) mass is 282 g/mol. The average Bonchev–Trinajstić information content (AvgIpc) is 2.41. The van der Waals surface area contributed by atoms with Crippen molar-refractivity contribution in [2.45, 2.75) is 78.1 Å². The highest BCUT2D eigenvalue weighted by Crippen LogP contribution is 2.44. The first-order valence-electron chi connectivity index (χ1n) is 8.63. The van der Waals surface area contributed by atoms with Gasteiger partial charge in [-0.05, 0) is 25.2 Å². The van der Waals surface area contributed by atoms with Crippen LogP contribution in [0.5, 0.6) is 0 Å². The van der Waals surface area contributed by atoms with Gasteiger partial charge in [0.25, 0.3) is 0 Å². The molecule has 1 aliphatic rings. The predicted octanol–water partition coefficient (Wildman–Crippen LogP) is 3.62. The zero-order chi connectivity index (χ0) is 14.8. The highest BCUT2D eigenvalue weighted by Gasteiger charge is 2.46. The lowest BCUT2D eigenvalue weighted by Gasteiger charge is -2.44. The van der Waals surface area contributed by atoms with Gasteiger partial charge in [-0.2, -0.15) is 0 Å². The standard InChI is InChI=1S/C17H34N2O/c1-3-4-5-6-7-8-9-10-11-19-16(20)17(14-18)12-15(2)13-17/h15H,3-14,18H2,1-2H3,(H,19,20). The summed E-state index contributed by atoms with van der Waals surface area (Å²) in [5.41, 5.74) is 5.54. The lowest BCUT2D eigenvalue weighted by atomic mass is 9.62. The predicted molar refractivity (Wildman–Crippen MR) is 85.5 cm³/mol. The fourth-order valence-electron chi connectivity index (χ4n) is 3.37. The zero-order valence-electron chi connectivity index (χ0n) is 13.5. The van der Waals surface area contributed by atoms with Crippen LogP contribution in [0, 0.1) is 11.3 Å². The van der Waals surface area contributed by atoms with Crippen molar-refractivity contribution in [1.29, 1.82) is 0 Å². The number of unbranched alkanes of at least 4 members (excludes halogenated alkanes) is 7. The van der Waals surface area contributed by atoms with Gasteiger partial charge in [0.2, 0.25) is 5.91 Å². The second-order valence-corrected chi connectivity index (χ2v) is 6.73. The van der Waals surface area contributed by atoms with Crippen LogP contribution in [0.3, 0.4) is 0 Å². The summed E-state index contributed by atoms with van der Waals surface area (Å²) in [6, 6.07) is 0. The van der Waals surface area contributed by atoms with Crippen molar-refractivity contribution in [3.05, 3.63) is 0 Å². The van der Waals surface area contributed by atoms with Crippen LogP contribution >= 0.6 is 0 Å². The van der Waals surface area contributed by atoms with Crippen LogP contribution < -0.4 is 11.1 Å². The van der Waals surface area contributed by atoms with Gasteiger partial charge in [0.15, 0.2) is 0 Å². The maximum atomic E-state index is 12.1. The van der Waals surface area contributed by atoms with E-state index in [4.69, 9.17) is 5.73 Å². The molecule has 0 atom stereocenters. The third kappa shape index (κ3) is 5.43. The average molecular weight is 282 g/mol. The summed E-state index contributed by atoms with van der Waals surface area (Å²) in [4.78, 5) is 12.1. The van der Waals surface area contributed by atoms with Crippen LogP contribution in [-0.4, -0.2) is 19.0 Å². The molecule has 3 nitrogen and oxygen atoms in total. The molecule has 3 heteroatoms. The lowest BCUT2D eigenvalue weighted by molar-refractivity contribution is -0.138. The molecule has 1 amide bonds. The van der Waals surface area contributed by atoms with Crippen molar-refractivity contribution >= 4 is 5.91 Å². The van der Waals surface area contributed by atoms with Crippen molar-refractivity contribution in [3.8, 4) is 0 Å². The normalized spacial score (nSPS) is 25.2. The Kier molecular flexibility index (Phi) is 8.20. The minimum Gasteiger partial charge on any atom is -0.356 e. The Bertz CT molecular complexity index is 272. The molecule has 0 radical (unpaired) electrons. The Morgan fingerprint density at radius 3 is 2.15 bits per heavy atom. The number of hydrogen-bond donors (Lipinski definition) is 2. The third-order valence-corrected chi connectivity index (χ3v) is 4.67. The van der Waals surface area contributed by atoms with Crippen LogP contribution in [0.1, 0.15) is 78.1 Å². The number of hydrogen-bond acceptors (Lipinski definition) is 2. The molecule has 1 fully saturated rings. The van der Waals surface area contributed by atoms with Crippen molar-refractivity contribution < 1.29 is 4.79 Å². The largest absolute Gasteiger partial charge is 0.356 e. The number of carbonyl (C=O) groups excluding carboxylic acids is 1. The molecule has 0 aromatic carbocycles. The third-order valence-electron chi connectivity index (χ3n) is 4.67. The smallest absolute Gasteiger partial charge is 0.227 e. The Hall–Kier alpha value is -0.570. The Morgan fingerprint density at radius 2 is 1.65 bits per heavy atom. The van der Waals surface area contributed by atoms with Crippen LogP contribution in [-0.2, 0) is 4.79 Å². The summed E-state index contributed by atoms with van der Waals surface area (Å²) < 4.78 is 0. The van der Waals surface area contributed by atoms with Crippen LogP contribution in [0.25, 0.3) is 0 Å². The van der Waals surface area contributed by atoms with Crippen molar-refractivity contribution in [3.63, 3.8) is 0 Å². The van der Waals surface area contributed by atoms with E-state index in [1.807, 2.05) is 0 Å². The van der Waals surface area contributed by atoms with E-state index in [0.717, 1.165) is 25.8 Å². The van der Waals surface area contributed by atoms with Gasteiger partial charge in [0.05, 0.1) is 5.41 Å². The number of nitrogens with two attached hydrogens (primary N) is 1. The maximum absolute atomic E-state index is 12.1. The molecule has 1 aliphatic carbocycles. The van der Waals surface area contributed by atoms with Crippen LogP contribution in [0.15, 0.2) is 0 Å². The van der Waals surface area contributed by atoms with E-state index in [9.17, 15) is 4.79 Å². The van der Waals surface area contributed by atoms with Gasteiger partial charge in [-0.25, -0.2) is 0 Å². The molecule has 0 heterocycles. The van der Waals surface area contributed by atoms with Gasteiger partial charge in [0, 0.05) is 13.1 Å². The molecule has 0 bridgehead atoms. The van der Waals surface area contributed by atoms with Gasteiger partial charge < -0.3 is 11.1 Å². The van der Waals surface area contributed by atoms with E-state index in [2.05, 4.69) is 19.2 Å². The number of amides is 1. The van der Waals surface area contributed by atoms with E-state index in [1.165, 1.54) is 44.9 Å². The summed E-state index contributed by atoms with van der Waals surface area (Å²) in [6.45, 7) is 5.77. The Labute approximate surface area is 125 Å². The highest BCUT2D eigenvalue weighted by atomic mass is 16.2. The molecule has 0 saturated heterocycles. The molecule has 118 valence electrons. The topological polar surface area (TPSA) is 55.1 Å². The van der Waals surface area contributed by atoms with Gasteiger partial charge >= 0.3 is 0 Å². The first-order valence-corrected chi connectivity index (χ1v) is 8.63. The quantitative estimate of drug-likeness (QED) is 0.569. The molecule has 0 aromatic heterocycles. The molecular formula is C17H34N2O. The molecule has 0 spiro atoms. The molecule has 0 aromatic rings. The Morgan fingerprint density at radius 1 is 1.10 bits per heavy atom. The SMILES string of the molecule is CCCCCCCCCCNC(=O)C1(CN)CC(C)C1. The van der Waals surface area contributed by atoms with Gasteiger partial charge in [-0.3, -0.25) is 4.79 Å². The molecule has 1 saturated carbocycles. The molecular weight excluding hydrogens is 248 g/mol. The van der Waals surface area contributed by atoms with Gasteiger partial charge in [-0.15, -0.1) is 0 Å². The maximum Gasteiger partial charge on any atom is 0.227 e. The van der Waals surface area contributed by atoms with E-state index in [1.54, 1.807) is 0 Å². The van der Waals surface area contributed by atoms with E-state index in [-0.39, 0.29) is 11.3 Å². The van der Waals surface area contributed by atoms with E-state index < -0.39 is 0 Å². The molecule has 1 rings (SSSR count). The van der Waals surface area contributed by atoms with E-state index in [0.29, 0.717) is 12.5 Å². The molecule has 3 N–H and O–H groups in total. The lowest BCUT2D eigenvalue weighted by Crippen LogP contribution is -2.53. The fraction of sp³-hybridized carbons (Fsp3) is 0.941. The number of rotatable bonds is 11. The van der Waals surface area contributed by atoms with Gasteiger partial charge in [-0.1, -0.05) is 58.8 Å². The minimum atomic E-state index is -0.237. The van der Waals surface area contributed by atoms with Gasteiger partial charge in [0.1, 0.15) is 0 Å².